The van der Waals surface area contributed by atoms with Crippen LogP contribution < -0.4 is 0 Å². The molecule has 110 valence electrons. The lowest BCUT2D eigenvalue weighted by Crippen LogP contribution is -2.09. The Labute approximate surface area is 117 Å². The van der Waals surface area contributed by atoms with E-state index in [1.165, 1.54) is 6.07 Å². The quantitative estimate of drug-likeness (QED) is 0.622. The average molecular weight is 320 g/mol. The second-order valence-corrected chi connectivity index (χ2v) is 7.54. The van der Waals surface area contributed by atoms with Crippen molar-refractivity contribution in [2.45, 2.75) is 29.6 Å². The molecule has 0 radical (unpaired) electrons. The fourth-order valence-corrected chi connectivity index (χ4v) is 3.79. The summed E-state index contributed by atoms with van der Waals surface area (Å²) in [6.45, 7) is 3.52. The number of benzene rings is 1. The predicted octanol–water partition coefficient (Wildman–Crippen LogP) is 1.03. The Kier molecular flexibility index (Phi) is 3.29. The van der Waals surface area contributed by atoms with Gasteiger partial charge in [-0.05, 0) is 13.0 Å². The summed E-state index contributed by atoms with van der Waals surface area (Å²) in [5, 5.41) is 0. The summed E-state index contributed by atoms with van der Waals surface area (Å²) in [5.74, 6) is -0.289. The maximum absolute atomic E-state index is 11.5. The highest BCUT2D eigenvalue weighted by molar-refractivity contribution is 7.86. The van der Waals surface area contributed by atoms with Crippen molar-refractivity contribution < 1.29 is 30.5 Å². The van der Waals surface area contributed by atoms with Crippen LogP contribution in [0.15, 0.2) is 21.9 Å². The van der Waals surface area contributed by atoms with E-state index in [0.717, 1.165) is 11.8 Å². The first-order valence-corrected chi connectivity index (χ1v) is 8.52. The minimum Gasteiger partial charge on any atom is -0.282 e. The van der Waals surface area contributed by atoms with Crippen molar-refractivity contribution >= 4 is 31.6 Å². The van der Waals surface area contributed by atoms with Crippen LogP contribution in [0.5, 0.6) is 0 Å². The highest BCUT2D eigenvalue weighted by Crippen LogP contribution is 2.40. The molecule has 0 bridgehead atoms. The molecule has 0 saturated heterocycles. The molecule has 0 spiro atoms. The van der Waals surface area contributed by atoms with Gasteiger partial charge in [0.25, 0.3) is 20.2 Å². The Morgan fingerprint density at radius 2 is 1.65 bits per heavy atom. The van der Waals surface area contributed by atoms with Crippen molar-refractivity contribution in [2.24, 2.45) is 0 Å². The first kappa shape index (κ1) is 15.1. The van der Waals surface area contributed by atoms with Crippen molar-refractivity contribution in [3.63, 3.8) is 0 Å². The first-order valence-electron chi connectivity index (χ1n) is 5.64. The molecule has 1 aromatic carbocycles. The Balaban J connectivity index is 2.95. The Bertz CT molecular complexity index is 836. The third kappa shape index (κ3) is 2.26. The van der Waals surface area contributed by atoms with Gasteiger partial charge in [0.2, 0.25) is 5.69 Å². The second kappa shape index (κ2) is 4.35. The van der Waals surface area contributed by atoms with Gasteiger partial charge >= 0.3 is 0 Å². The normalized spacial score (nSPS) is 19.4. The molecule has 9 heteroatoms. The zero-order valence-corrected chi connectivity index (χ0v) is 12.7. The monoisotopic (exact) mass is 320 g/mol. The highest BCUT2D eigenvalue weighted by atomic mass is 32.2. The van der Waals surface area contributed by atoms with Crippen LogP contribution in [0, 0.1) is 0 Å². The number of nitrogens with zero attached hydrogens (tertiary/aromatic N) is 1. The summed E-state index contributed by atoms with van der Waals surface area (Å²) < 4.78 is 65.5. The fraction of sp³-hybridized carbons (Fsp3) is 0.364. The maximum Gasteiger partial charge on any atom is 0.295 e. The van der Waals surface area contributed by atoms with Crippen LogP contribution in [0.25, 0.3) is 0 Å². The summed E-state index contributed by atoms with van der Waals surface area (Å²) in [4.78, 5) is -1.07. The summed E-state index contributed by atoms with van der Waals surface area (Å²) >= 11 is 0. The summed E-state index contributed by atoms with van der Waals surface area (Å²) in [5.41, 5.74) is 1.45. The van der Waals surface area contributed by atoms with E-state index in [-0.39, 0.29) is 5.92 Å². The number of hydrogen-bond acceptors (Lipinski definition) is 4. The molecule has 1 aromatic rings. The molecule has 1 atom stereocenters. The van der Waals surface area contributed by atoms with Gasteiger partial charge in [-0.3, -0.25) is 9.11 Å². The second-order valence-electron chi connectivity index (χ2n) is 4.73. The lowest BCUT2D eigenvalue weighted by atomic mass is 9.99. The molecule has 0 aromatic heterocycles. The Morgan fingerprint density at radius 3 is 2.10 bits per heavy atom. The van der Waals surface area contributed by atoms with Gasteiger partial charge in [0.15, 0.2) is 5.71 Å². The summed E-state index contributed by atoms with van der Waals surface area (Å²) in [6.07, 6.45) is 0. The lowest BCUT2D eigenvalue weighted by molar-refractivity contribution is -0.402. The van der Waals surface area contributed by atoms with Crippen LogP contribution >= 0.6 is 0 Å². The number of hydrogen-bond donors (Lipinski definition) is 2. The molecule has 2 N–H and O–H groups in total. The molecule has 0 fully saturated rings. The van der Waals surface area contributed by atoms with Gasteiger partial charge in [0.05, 0.1) is 11.5 Å². The van der Waals surface area contributed by atoms with E-state index in [0.29, 0.717) is 11.3 Å². The van der Waals surface area contributed by atoms with E-state index >= 15 is 0 Å². The van der Waals surface area contributed by atoms with Gasteiger partial charge in [-0.15, -0.1) is 0 Å². The minimum atomic E-state index is -4.61. The van der Waals surface area contributed by atoms with Crippen molar-refractivity contribution in [2.75, 3.05) is 7.05 Å². The van der Waals surface area contributed by atoms with Crippen molar-refractivity contribution in [3.8, 4) is 0 Å². The molecule has 1 unspecified atom stereocenters. The highest BCUT2D eigenvalue weighted by Gasteiger charge is 2.38. The topological polar surface area (TPSA) is 112 Å². The van der Waals surface area contributed by atoms with Crippen LogP contribution in [0.2, 0.25) is 0 Å². The molecule has 7 nitrogen and oxygen atoms in total. The average Bonchev–Trinajstić information content (AvgIpc) is 2.51. The molecular weight excluding hydrogens is 306 g/mol. The molecule has 20 heavy (non-hydrogen) atoms. The zero-order valence-electron chi connectivity index (χ0n) is 11.0. The molecule has 1 aliphatic heterocycles. The van der Waals surface area contributed by atoms with Crippen LogP contribution in [-0.2, 0) is 20.2 Å². The van der Waals surface area contributed by atoms with E-state index in [2.05, 4.69) is 0 Å². The number of rotatable bonds is 2. The Hall–Kier alpha value is -1.29. The van der Waals surface area contributed by atoms with Crippen LogP contribution in [0.1, 0.15) is 25.3 Å². The summed E-state index contributed by atoms with van der Waals surface area (Å²) in [7, 11) is -7.53. The lowest BCUT2D eigenvalue weighted by Gasteiger charge is -2.08. The van der Waals surface area contributed by atoms with Crippen LogP contribution in [-0.4, -0.2) is 43.3 Å². The van der Waals surface area contributed by atoms with Crippen LogP contribution in [0.3, 0.4) is 0 Å². The van der Waals surface area contributed by atoms with E-state index in [9.17, 15) is 21.4 Å². The molecule has 0 amide bonds. The molecule has 0 saturated carbocycles. The number of fused-ring (bicyclic) bond motifs is 1. The third-order valence-corrected chi connectivity index (χ3v) is 5.34. The van der Waals surface area contributed by atoms with E-state index in [1.807, 2.05) is 0 Å². The molecule has 2 rings (SSSR count). The molecule has 0 aliphatic carbocycles. The van der Waals surface area contributed by atoms with Crippen molar-refractivity contribution in [1.29, 1.82) is 0 Å². The van der Waals surface area contributed by atoms with Gasteiger partial charge in [0.1, 0.15) is 16.8 Å². The fourth-order valence-electron chi connectivity index (χ4n) is 2.35. The van der Waals surface area contributed by atoms with Gasteiger partial charge in [-0.2, -0.15) is 16.8 Å². The van der Waals surface area contributed by atoms with Crippen molar-refractivity contribution in [3.05, 3.63) is 17.7 Å². The van der Waals surface area contributed by atoms with Gasteiger partial charge in [0, 0.05) is 13.0 Å². The van der Waals surface area contributed by atoms with Gasteiger partial charge in [-0.25, -0.2) is 4.58 Å². The first-order chi connectivity index (χ1) is 8.94. The Morgan fingerprint density at radius 1 is 1.10 bits per heavy atom. The molecule has 1 heterocycles. The van der Waals surface area contributed by atoms with E-state index in [1.54, 1.807) is 25.5 Å². The summed E-state index contributed by atoms with van der Waals surface area (Å²) in [6, 6.07) is 1.96. The van der Waals surface area contributed by atoms with Crippen molar-refractivity contribution in [1.82, 2.24) is 0 Å². The zero-order chi connectivity index (χ0) is 15.5. The molecular formula is C11H14NO6S2+. The SMILES string of the molecule is CC1=[N+](C)c2cc(S(=O)(=O)O)cc(S(=O)(=O)O)c2C1C. The molecule has 1 aliphatic rings. The standard InChI is InChI=1S/C11H13NO6S2/c1-6-7(2)12(3)9-4-8(19(13,14)15)5-10(11(6)9)20(16,17)18/h4-6H,1-3H3,(H-,13,14,15,16,17,18)/p+1. The van der Waals surface area contributed by atoms with Gasteiger partial charge < -0.3 is 0 Å². The van der Waals surface area contributed by atoms with Gasteiger partial charge in [-0.1, -0.05) is 0 Å². The maximum atomic E-state index is 11.5. The third-order valence-electron chi connectivity index (χ3n) is 3.62. The van der Waals surface area contributed by atoms with Crippen LogP contribution in [0.4, 0.5) is 5.69 Å². The minimum absolute atomic E-state index is 0.289. The largest absolute Gasteiger partial charge is 0.295 e. The van der Waals surface area contributed by atoms with E-state index < -0.39 is 30.0 Å². The smallest absolute Gasteiger partial charge is 0.282 e. The van der Waals surface area contributed by atoms with E-state index in [4.69, 9.17) is 4.55 Å². The predicted molar refractivity (Wildman–Crippen MR) is 71.0 cm³/mol.